The standard InChI is InChI=1S/C15H14ClN3O/c1-2-7-19-13-8-10(16)3-4-12(13)18-15(19)11-5-6-17-9-14(11)20/h3-6,8-9,20H,2,7H2,1H3. The normalized spacial score (nSPS) is 11.1. The van der Waals surface area contributed by atoms with E-state index in [1.165, 1.54) is 6.20 Å². The van der Waals surface area contributed by atoms with Gasteiger partial charge < -0.3 is 9.67 Å². The molecular weight excluding hydrogens is 274 g/mol. The van der Waals surface area contributed by atoms with Crippen LogP contribution < -0.4 is 0 Å². The number of pyridine rings is 1. The quantitative estimate of drug-likeness (QED) is 0.795. The number of hydrogen-bond acceptors (Lipinski definition) is 3. The molecule has 0 bridgehead atoms. The molecule has 0 spiro atoms. The van der Waals surface area contributed by atoms with Crippen molar-refractivity contribution in [3.05, 3.63) is 41.7 Å². The van der Waals surface area contributed by atoms with Gasteiger partial charge in [0.15, 0.2) is 0 Å². The monoisotopic (exact) mass is 287 g/mol. The summed E-state index contributed by atoms with van der Waals surface area (Å²) in [7, 11) is 0. The van der Waals surface area contributed by atoms with Crippen LogP contribution in [0, 0.1) is 0 Å². The van der Waals surface area contributed by atoms with Crippen molar-refractivity contribution in [3.63, 3.8) is 0 Å². The van der Waals surface area contributed by atoms with E-state index in [2.05, 4.69) is 21.5 Å². The van der Waals surface area contributed by atoms with E-state index in [1.807, 2.05) is 18.2 Å². The lowest BCUT2D eigenvalue weighted by molar-refractivity contribution is 0.473. The van der Waals surface area contributed by atoms with Crippen molar-refractivity contribution in [1.29, 1.82) is 0 Å². The van der Waals surface area contributed by atoms with E-state index < -0.39 is 0 Å². The number of aromatic hydroxyl groups is 1. The Morgan fingerprint density at radius 2 is 2.15 bits per heavy atom. The molecule has 3 aromatic rings. The van der Waals surface area contributed by atoms with Crippen LogP contribution in [-0.2, 0) is 6.54 Å². The van der Waals surface area contributed by atoms with Gasteiger partial charge in [0.25, 0.3) is 0 Å². The molecule has 2 aromatic heterocycles. The highest BCUT2D eigenvalue weighted by molar-refractivity contribution is 6.31. The second-order valence-corrected chi connectivity index (χ2v) is 5.05. The Morgan fingerprint density at radius 3 is 2.90 bits per heavy atom. The van der Waals surface area contributed by atoms with Gasteiger partial charge in [0, 0.05) is 17.8 Å². The van der Waals surface area contributed by atoms with E-state index in [9.17, 15) is 5.11 Å². The first-order valence-electron chi connectivity index (χ1n) is 6.50. The summed E-state index contributed by atoms with van der Waals surface area (Å²) >= 11 is 6.08. The fourth-order valence-electron chi connectivity index (χ4n) is 2.33. The Morgan fingerprint density at radius 1 is 1.30 bits per heavy atom. The smallest absolute Gasteiger partial charge is 0.144 e. The predicted octanol–water partition coefficient (Wildman–Crippen LogP) is 3.87. The van der Waals surface area contributed by atoms with Crippen LogP contribution in [0.25, 0.3) is 22.4 Å². The number of fused-ring (bicyclic) bond motifs is 1. The summed E-state index contributed by atoms with van der Waals surface area (Å²) in [5.41, 5.74) is 2.53. The van der Waals surface area contributed by atoms with Crippen LogP contribution in [0.5, 0.6) is 5.75 Å². The third-order valence-electron chi connectivity index (χ3n) is 3.20. The average Bonchev–Trinajstić information content (AvgIpc) is 2.78. The van der Waals surface area contributed by atoms with Crippen LogP contribution in [-0.4, -0.2) is 19.6 Å². The molecule has 5 heteroatoms. The Labute approximate surface area is 121 Å². The molecule has 102 valence electrons. The zero-order chi connectivity index (χ0) is 14.1. The van der Waals surface area contributed by atoms with Crippen molar-refractivity contribution in [2.45, 2.75) is 19.9 Å². The molecule has 4 nitrogen and oxygen atoms in total. The molecule has 0 aliphatic rings. The van der Waals surface area contributed by atoms with Crippen molar-refractivity contribution in [2.24, 2.45) is 0 Å². The van der Waals surface area contributed by atoms with Crippen molar-refractivity contribution in [3.8, 4) is 17.1 Å². The van der Waals surface area contributed by atoms with E-state index in [1.54, 1.807) is 12.3 Å². The van der Waals surface area contributed by atoms with E-state index in [0.717, 1.165) is 29.8 Å². The fraction of sp³-hybridized carbons (Fsp3) is 0.200. The van der Waals surface area contributed by atoms with Gasteiger partial charge in [-0.3, -0.25) is 4.98 Å². The predicted molar refractivity (Wildman–Crippen MR) is 79.9 cm³/mol. The highest BCUT2D eigenvalue weighted by Crippen LogP contribution is 2.31. The molecular formula is C15H14ClN3O. The minimum Gasteiger partial charge on any atom is -0.506 e. The van der Waals surface area contributed by atoms with Crippen molar-refractivity contribution in [2.75, 3.05) is 0 Å². The zero-order valence-electron chi connectivity index (χ0n) is 11.0. The van der Waals surface area contributed by atoms with Crippen LogP contribution in [0.2, 0.25) is 5.02 Å². The molecule has 0 fully saturated rings. The van der Waals surface area contributed by atoms with Gasteiger partial charge in [-0.15, -0.1) is 0 Å². The van der Waals surface area contributed by atoms with Gasteiger partial charge in [0.1, 0.15) is 11.6 Å². The summed E-state index contributed by atoms with van der Waals surface area (Å²) in [6.45, 7) is 2.92. The van der Waals surface area contributed by atoms with Crippen molar-refractivity contribution < 1.29 is 5.11 Å². The fourth-order valence-corrected chi connectivity index (χ4v) is 2.49. The van der Waals surface area contributed by atoms with Crippen molar-refractivity contribution in [1.82, 2.24) is 14.5 Å². The van der Waals surface area contributed by atoms with E-state index in [-0.39, 0.29) is 5.75 Å². The number of hydrogen-bond donors (Lipinski definition) is 1. The first-order valence-corrected chi connectivity index (χ1v) is 6.87. The van der Waals surface area contributed by atoms with Gasteiger partial charge in [-0.25, -0.2) is 4.98 Å². The van der Waals surface area contributed by atoms with E-state index in [0.29, 0.717) is 10.6 Å². The number of rotatable bonds is 3. The number of benzene rings is 1. The Bertz CT molecular complexity index is 767. The zero-order valence-corrected chi connectivity index (χ0v) is 11.8. The Hall–Kier alpha value is -2.07. The molecule has 0 amide bonds. The lowest BCUT2D eigenvalue weighted by atomic mass is 10.2. The maximum atomic E-state index is 9.99. The maximum Gasteiger partial charge on any atom is 0.144 e. The van der Waals surface area contributed by atoms with Gasteiger partial charge in [0.05, 0.1) is 22.8 Å². The van der Waals surface area contributed by atoms with E-state index in [4.69, 9.17) is 11.6 Å². The summed E-state index contributed by atoms with van der Waals surface area (Å²) in [4.78, 5) is 8.53. The molecule has 2 heterocycles. The lowest BCUT2D eigenvalue weighted by Gasteiger charge is -2.08. The van der Waals surface area contributed by atoms with E-state index >= 15 is 0 Å². The molecule has 20 heavy (non-hydrogen) atoms. The molecule has 0 saturated carbocycles. The number of aryl methyl sites for hydroxylation is 1. The van der Waals surface area contributed by atoms with Crippen LogP contribution >= 0.6 is 11.6 Å². The molecule has 3 rings (SSSR count). The minimum atomic E-state index is 0.131. The summed E-state index contributed by atoms with van der Waals surface area (Å²) in [6.07, 6.45) is 4.05. The highest BCUT2D eigenvalue weighted by atomic mass is 35.5. The number of halogens is 1. The summed E-state index contributed by atoms with van der Waals surface area (Å²) in [5, 5.41) is 10.7. The average molecular weight is 288 g/mol. The second-order valence-electron chi connectivity index (χ2n) is 4.61. The van der Waals surface area contributed by atoms with Gasteiger partial charge in [-0.05, 0) is 30.7 Å². The third kappa shape index (κ3) is 2.12. The van der Waals surface area contributed by atoms with Crippen molar-refractivity contribution >= 4 is 22.6 Å². The van der Waals surface area contributed by atoms with Crippen LogP contribution in [0.4, 0.5) is 0 Å². The molecule has 0 aliphatic carbocycles. The van der Waals surface area contributed by atoms with Crippen LogP contribution in [0.3, 0.4) is 0 Å². The van der Waals surface area contributed by atoms with Crippen LogP contribution in [0.1, 0.15) is 13.3 Å². The molecule has 0 atom stereocenters. The van der Waals surface area contributed by atoms with Gasteiger partial charge in [-0.2, -0.15) is 0 Å². The van der Waals surface area contributed by atoms with Gasteiger partial charge in [0.2, 0.25) is 0 Å². The first kappa shape index (κ1) is 12.9. The summed E-state index contributed by atoms with van der Waals surface area (Å²) in [6, 6.07) is 7.39. The summed E-state index contributed by atoms with van der Waals surface area (Å²) < 4.78 is 2.08. The third-order valence-corrected chi connectivity index (χ3v) is 3.43. The second kappa shape index (κ2) is 5.13. The highest BCUT2D eigenvalue weighted by Gasteiger charge is 2.15. The maximum absolute atomic E-state index is 9.99. The summed E-state index contributed by atoms with van der Waals surface area (Å²) in [5.74, 6) is 0.871. The largest absolute Gasteiger partial charge is 0.506 e. The molecule has 0 aliphatic heterocycles. The number of aromatic nitrogens is 3. The molecule has 0 radical (unpaired) electrons. The van der Waals surface area contributed by atoms with Gasteiger partial charge >= 0.3 is 0 Å². The Balaban J connectivity index is 2.30. The lowest BCUT2D eigenvalue weighted by Crippen LogP contribution is -2.00. The molecule has 0 unspecified atom stereocenters. The molecule has 1 N–H and O–H groups in total. The van der Waals surface area contributed by atoms with Gasteiger partial charge in [-0.1, -0.05) is 18.5 Å². The number of nitrogens with zero attached hydrogens (tertiary/aromatic N) is 3. The van der Waals surface area contributed by atoms with Crippen LogP contribution in [0.15, 0.2) is 36.7 Å². The SMILES string of the molecule is CCCn1c(-c2ccncc2O)nc2ccc(Cl)cc21. The minimum absolute atomic E-state index is 0.131. The first-order chi connectivity index (χ1) is 9.70. The Kier molecular flexibility index (Phi) is 3.32. The molecule has 1 aromatic carbocycles. The number of imidazole rings is 1. The topological polar surface area (TPSA) is 50.9 Å². The molecule has 0 saturated heterocycles.